The first-order valence-electron chi connectivity index (χ1n) is 5.59. The van der Waals surface area contributed by atoms with E-state index >= 15 is 0 Å². The second kappa shape index (κ2) is 5.96. The minimum absolute atomic E-state index is 0.0188. The number of rotatable bonds is 4. The van der Waals surface area contributed by atoms with Gasteiger partial charge in [-0.1, -0.05) is 18.2 Å². The van der Waals surface area contributed by atoms with Crippen LogP contribution in [0, 0.1) is 0 Å². The predicted octanol–water partition coefficient (Wildman–Crippen LogP) is 3.94. The van der Waals surface area contributed by atoms with Gasteiger partial charge in [-0.15, -0.1) is 11.3 Å². The van der Waals surface area contributed by atoms with E-state index in [2.05, 4.69) is 10.1 Å². The molecule has 0 fully saturated rings. The number of carbonyl (C=O) groups is 1. The van der Waals surface area contributed by atoms with Crippen molar-refractivity contribution in [3.05, 3.63) is 46.7 Å². The van der Waals surface area contributed by atoms with Gasteiger partial charge in [0, 0.05) is 0 Å². The molecule has 0 bridgehead atoms. The predicted molar refractivity (Wildman–Crippen MR) is 70.3 cm³/mol. The fourth-order valence-electron chi connectivity index (χ4n) is 1.45. The van der Waals surface area contributed by atoms with E-state index in [1.807, 2.05) is 0 Å². The smallest absolute Gasteiger partial charge is 0.422 e. The van der Waals surface area contributed by atoms with Crippen LogP contribution >= 0.6 is 11.3 Å². The molecule has 1 aromatic heterocycles. The highest BCUT2D eigenvalue weighted by molar-refractivity contribution is 7.12. The number of hydrogen-bond acceptors (Lipinski definition) is 3. The number of nitrogens with one attached hydrogen (secondary N) is 1. The first-order valence-corrected chi connectivity index (χ1v) is 6.47. The van der Waals surface area contributed by atoms with Gasteiger partial charge in [-0.2, -0.15) is 13.2 Å². The zero-order valence-electron chi connectivity index (χ0n) is 10.1. The molecule has 0 spiro atoms. The van der Waals surface area contributed by atoms with E-state index in [-0.39, 0.29) is 17.3 Å². The van der Waals surface area contributed by atoms with Crippen molar-refractivity contribution in [2.24, 2.45) is 0 Å². The second-order valence-electron chi connectivity index (χ2n) is 3.83. The molecule has 2 rings (SSSR count). The number of amides is 1. The van der Waals surface area contributed by atoms with Gasteiger partial charge in [0.1, 0.15) is 5.75 Å². The third-order valence-corrected chi connectivity index (χ3v) is 3.14. The van der Waals surface area contributed by atoms with Crippen LogP contribution in [0.25, 0.3) is 0 Å². The summed E-state index contributed by atoms with van der Waals surface area (Å²) in [6, 6.07) is 9.33. The Kier molecular flexibility index (Phi) is 4.29. The Balaban J connectivity index is 2.10. The van der Waals surface area contributed by atoms with Gasteiger partial charge in [0.25, 0.3) is 5.91 Å². The molecule has 0 unspecified atom stereocenters. The lowest BCUT2D eigenvalue weighted by atomic mass is 10.3. The van der Waals surface area contributed by atoms with Crippen molar-refractivity contribution in [3.63, 3.8) is 0 Å². The first kappa shape index (κ1) is 14.4. The average molecular weight is 301 g/mol. The summed E-state index contributed by atoms with van der Waals surface area (Å²) in [6.07, 6.45) is -4.43. The minimum Gasteiger partial charge on any atom is -0.482 e. The minimum atomic E-state index is -4.43. The number of thiophene rings is 1. The highest BCUT2D eigenvalue weighted by Crippen LogP contribution is 2.27. The van der Waals surface area contributed by atoms with E-state index in [9.17, 15) is 18.0 Å². The molecule has 106 valence electrons. The maximum absolute atomic E-state index is 12.1. The van der Waals surface area contributed by atoms with Crippen LogP contribution in [-0.2, 0) is 0 Å². The van der Waals surface area contributed by atoms with Gasteiger partial charge in [0.2, 0.25) is 0 Å². The maximum atomic E-state index is 12.1. The van der Waals surface area contributed by atoms with Crippen LogP contribution in [-0.4, -0.2) is 18.7 Å². The molecular weight excluding hydrogens is 291 g/mol. The number of benzene rings is 1. The van der Waals surface area contributed by atoms with E-state index in [4.69, 9.17) is 0 Å². The lowest BCUT2D eigenvalue weighted by Gasteiger charge is -2.13. The maximum Gasteiger partial charge on any atom is 0.422 e. The summed E-state index contributed by atoms with van der Waals surface area (Å²) in [7, 11) is 0. The summed E-state index contributed by atoms with van der Waals surface area (Å²) in [5.74, 6) is -0.405. The molecule has 0 radical (unpaired) electrons. The van der Waals surface area contributed by atoms with Gasteiger partial charge in [-0.3, -0.25) is 4.79 Å². The van der Waals surface area contributed by atoms with Gasteiger partial charge in [-0.05, 0) is 23.6 Å². The summed E-state index contributed by atoms with van der Waals surface area (Å²) in [5.41, 5.74) is 0.204. The number of anilines is 1. The summed E-state index contributed by atoms with van der Waals surface area (Å²) in [6.45, 7) is -1.40. The van der Waals surface area contributed by atoms with Gasteiger partial charge >= 0.3 is 6.18 Å². The lowest BCUT2D eigenvalue weighted by molar-refractivity contribution is -0.153. The Morgan fingerprint density at radius 2 is 1.95 bits per heavy atom. The van der Waals surface area contributed by atoms with Crippen molar-refractivity contribution in [1.29, 1.82) is 0 Å². The van der Waals surface area contributed by atoms with Gasteiger partial charge in [0.15, 0.2) is 6.61 Å². The van der Waals surface area contributed by atoms with E-state index in [0.717, 1.165) is 0 Å². The molecule has 1 heterocycles. The Hall–Kier alpha value is -2.02. The zero-order chi connectivity index (χ0) is 14.6. The van der Waals surface area contributed by atoms with Crippen molar-refractivity contribution < 1.29 is 22.7 Å². The molecule has 2 aromatic rings. The van der Waals surface area contributed by atoms with Gasteiger partial charge < -0.3 is 10.1 Å². The highest BCUT2D eigenvalue weighted by atomic mass is 32.1. The van der Waals surface area contributed by atoms with Crippen LogP contribution in [0.4, 0.5) is 18.9 Å². The molecular formula is C13H10F3NO2S. The topological polar surface area (TPSA) is 38.3 Å². The molecule has 7 heteroatoms. The number of hydrogen-bond donors (Lipinski definition) is 1. The third-order valence-electron chi connectivity index (χ3n) is 2.27. The van der Waals surface area contributed by atoms with Crippen LogP contribution in [0.1, 0.15) is 9.67 Å². The van der Waals surface area contributed by atoms with Crippen LogP contribution in [0.5, 0.6) is 5.75 Å². The zero-order valence-corrected chi connectivity index (χ0v) is 10.9. The fourth-order valence-corrected chi connectivity index (χ4v) is 2.07. The first-order chi connectivity index (χ1) is 9.46. The molecule has 0 aliphatic heterocycles. The molecule has 1 aromatic carbocycles. The summed E-state index contributed by atoms with van der Waals surface area (Å²) >= 11 is 1.24. The summed E-state index contributed by atoms with van der Waals surface area (Å²) in [5, 5.41) is 4.27. The fraction of sp³-hybridized carbons (Fsp3) is 0.154. The van der Waals surface area contributed by atoms with Crippen molar-refractivity contribution in [2.75, 3.05) is 11.9 Å². The molecule has 1 N–H and O–H groups in total. The molecule has 0 atom stereocenters. The summed E-state index contributed by atoms with van der Waals surface area (Å²) in [4.78, 5) is 12.3. The quantitative estimate of drug-likeness (QED) is 0.929. The van der Waals surface area contributed by atoms with E-state index in [1.165, 1.54) is 29.5 Å². The normalized spacial score (nSPS) is 11.2. The van der Waals surface area contributed by atoms with Crippen molar-refractivity contribution in [2.45, 2.75) is 6.18 Å². The monoisotopic (exact) mass is 301 g/mol. The van der Waals surface area contributed by atoms with E-state index in [0.29, 0.717) is 4.88 Å². The molecule has 0 saturated carbocycles. The van der Waals surface area contributed by atoms with Gasteiger partial charge in [0.05, 0.1) is 10.6 Å². The number of alkyl halides is 3. The molecule has 20 heavy (non-hydrogen) atoms. The number of para-hydroxylation sites is 2. The number of halogens is 3. The SMILES string of the molecule is O=C(Nc1ccccc1OCC(F)(F)F)c1cccs1. The van der Waals surface area contributed by atoms with Crippen molar-refractivity contribution >= 4 is 22.9 Å². The van der Waals surface area contributed by atoms with Crippen LogP contribution in [0.2, 0.25) is 0 Å². The third kappa shape index (κ3) is 3.99. The van der Waals surface area contributed by atoms with Crippen molar-refractivity contribution in [1.82, 2.24) is 0 Å². The Labute approximate surface area is 117 Å². The number of carbonyl (C=O) groups excluding carboxylic acids is 1. The Morgan fingerprint density at radius 3 is 2.60 bits per heavy atom. The van der Waals surface area contributed by atoms with Crippen molar-refractivity contribution in [3.8, 4) is 5.75 Å². The highest BCUT2D eigenvalue weighted by Gasteiger charge is 2.28. The molecule has 1 amide bonds. The van der Waals surface area contributed by atoms with Gasteiger partial charge in [-0.25, -0.2) is 0 Å². The molecule has 0 aliphatic carbocycles. The lowest BCUT2D eigenvalue weighted by Crippen LogP contribution is -2.20. The number of ether oxygens (including phenoxy) is 1. The molecule has 3 nitrogen and oxygen atoms in total. The second-order valence-corrected chi connectivity index (χ2v) is 4.78. The van der Waals surface area contributed by atoms with E-state index in [1.54, 1.807) is 23.6 Å². The Bertz CT molecular complexity index is 582. The standard InChI is InChI=1S/C13H10F3NO2S/c14-13(15,16)8-19-10-5-2-1-4-9(10)17-12(18)11-6-3-7-20-11/h1-7H,8H2,(H,17,18). The van der Waals surface area contributed by atoms with Crippen LogP contribution in [0.15, 0.2) is 41.8 Å². The molecule has 0 aliphatic rings. The van der Waals surface area contributed by atoms with Crippen LogP contribution in [0.3, 0.4) is 0 Å². The van der Waals surface area contributed by atoms with E-state index < -0.39 is 12.8 Å². The van der Waals surface area contributed by atoms with Crippen LogP contribution < -0.4 is 10.1 Å². The largest absolute Gasteiger partial charge is 0.482 e. The summed E-state index contributed by atoms with van der Waals surface area (Å²) < 4.78 is 41.1. The average Bonchev–Trinajstić information content (AvgIpc) is 2.90. The Morgan fingerprint density at radius 1 is 1.20 bits per heavy atom. The molecule has 0 saturated heterocycles.